The number of ketones is 1. The first-order valence-electron chi connectivity index (χ1n) is 8.57. The SMILES string of the molecule is CCOC(=O)c1c(C)[nH]c(C(=O)[C@@H](C)Sc2nnc(NC3CC3)s2)c1C. The van der Waals surface area contributed by atoms with Gasteiger partial charge in [-0.2, -0.15) is 0 Å². The van der Waals surface area contributed by atoms with Crippen LogP contribution in [0.15, 0.2) is 4.34 Å². The molecule has 2 aromatic heterocycles. The van der Waals surface area contributed by atoms with E-state index in [1.54, 1.807) is 20.8 Å². The molecule has 3 rings (SSSR count). The lowest BCUT2D eigenvalue weighted by atomic mass is 10.1. The number of hydrogen-bond donors (Lipinski definition) is 2. The standard InChI is InChI=1S/C17H22N4O3S2/c1-5-24-15(23)12-8(2)13(18-9(12)3)14(22)10(4)25-17-21-20-16(26-17)19-11-6-7-11/h10-11,18H,5-7H2,1-4H3,(H,19,20)/t10-/m1/s1. The molecular formula is C17H22N4O3S2. The van der Waals surface area contributed by atoms with Crippen LogP contribution in [0.25, 0.3) is 0 Å². The van der Waals surface area contributed by atoms with E-state index < -0.39 is 5.97 Å². The molecule has 1 aliphatic rings. The maximum atomic E-state index is 12.8. The first-order valence-corrected chi connectivity index (χ1v) is 10.3. The molecule has 2 heterocycles. The molecule has 0 bridgehead atoms. The van der Waals surface area contributed by atoms with Gasteiger partial charge in [-0.05, 0) is 46.1 Å². The van der Waals surface area contributed by atoms with Gasteiger partial charge in [-0.15, -0.1) is 10.2 Å². The van der Waals surface area contributed by atoms with E-state index in [0.717, 1.165) is 9.47 Å². The van der Waals surface area contributed by atoms with Crippen molar-refractivity contribution in [2.75, 3.05) is 11.9 Å². The van der Waals surface area contributed by atoms with Gasteiger partial charge in [0.05, 0.1) is 23.1 Å². The molecule has 9 heteroatoms. The molecule has 26 heavy (non-hydrogen) atoms. The van der Waals surface area contributed by atoms with Crippen molar-refractivity contribution in [3.05, 3.63) is 22.5 Å². The van der Waals surface area contributed by atoms with E-state index >= 15 is 0 Å². The predicted molar refractivity (Wildman–Crippen MR) is 102 cm³/mol. The van der Waals surface area contributed by atoms with Gasteiger partial charge in [0.15, 0.2) is 10.1 Å². The summed E-state index contributed by atoms with van der Waals surface area (Å²) in [5, 5.41) is 12.0. The number of H-pyrrole nitrogens is 1. The monoisotopic (exact) mass is 394 g/mol. The van der Waals surface area contributed by atoms with Gasteiger partial charge in [0.2, 0.25) is 5.13 Å². The van der Waals surface area contributed by atoms with Crippen molar-refractivity contribution < 1.29 is 14.3 Å². The van der Waals surface area contributed by atoms with Crippen molar-refractivity contribution in [1.29, 1.82) is 0 Å². The minimum Gasteiger partial charge on any atom is -0.462 e. The molecule has 1 saturated carbocycles. The number of aryl methyl sites for hydroxylation is 1. The number of aromatic amines is 1. The lowest BCUT2D eigenvalue weighted by Crippen LogP contribution is -2.15. The molecule has 7 nitrogen and oxygen atoms in total. The Morgan fingerprint density at radius 3 is 2.77 bits per heavy atom. The van der Waals surface area contributed by atoms with Crippen molar-refractivity contribution in [3.63, 3.8) is 0 Å². The fraction of sp³-hybridized carbons (Fsp3) is 0.529. The zero-order chi connectivity index (χ0) is 18.8. The molecule has 1 fully saturated rings. The third-order valence-corrected chi connectivity index (χ3v) is 6.16. The summed E-state index contributed by atoms with van der Waals surface area (Å²) in [6, 6.07) is 0.519. The van der Waals surface area contributed by atoms with Gasteiger partial charge in [0.1, 0.15) is 0 Å². The normalized spacial score (nSPS) is 14.9. The second-order valence-corrected chi connectivity index (χ2v) is 8.83. The van der Waals surface area contributed by atoms with Crippen molar-refractivity contribution in [1.82, 2.24) is 15.2 Å². The number of anilines is 1. The van der Waals surface area contributed by atoms with Gasteiger partial charge in [-0.25, -0.2) is 4.79 Å². The molecule has 2 aromatic rings. The minimum atomic E-state index is -0.405. The van der Waals surface area contributed by atoms with Gasteiger partial charge in [0, 0.05) is 11.7 Å². The number of carbonyl (C=O) groups excluding carboxylic acids is 2. The number of esters is 1. The van der Waals surface area contributed by atoms with Crippen LogP contribution < -0.4 is 5.32 Å². The molecule has 1 atom stereocenters. The molecule has 0 saturated heterocycles. The maximum absolute atomic E-state index is 12.8. The van der Waals surface area contributed by atoms with Crippen LogP contribution in [0.2, 0.25) is 0 Å². The summed E-state index contributed by atoms with van der Waals surface area (Å²) in [6.07, 6.45) is 2.34. The third-order valence-electron chi connectivity index (χ3n) is 4.12. The number of carbonyl (C=O) groups is 2. The van der Waals surface area contributed by atoms with E-state index in [1.165, 1.54) is 35.9 Å². The van der Waals surface area contributed by atoms with E-state index in [0.29, 0.717) is 35.2 Å². The molecule has 140 valence electrons. The quantitative estimate of drug-likeness (QED) is 0.401. The van der Waals surface area contributed by atoms with E-state index in [-0.39, 0.29) is 11.0 Å². The number of nitrogens with one attached hydrogen (secondary N) is 2. The molecule has 0 unspecified atom stereocenters. The summed E-state index contributed by atoms with van der Waals surface area (Å²) >= 11 is 2.84. The average molecular weight is 395 g/mol. The van der Waals surface area contributed by atoms with Gasteiger partial charge in [0.25, 0.3) is 0 Å². The summed E-state index contributed by atoms with van der Waals surface area (Å²) in [5.74, 6) is -0.476. The largest absolute Gasteiger partial charge is 0.462 e. The van der Waals surface area contributed by atoms with Crippen molar-refractivity contribution >= 4 is 40.0 Å². The number of rotatable bonds is 8. The fourth-order valence-corrected chi connectivity index (χ4v) is 4.66. The molecular weight excluding hydrogens is 372 g/mol. The molecule has 0 aromatic carbocycles. The highest BCUT2D eigenvalue weighted by Crippen LogP contribution is 2.33. The van der Waals surface area contributed by atoms with Gasteiger partial charge in [-0.3, -0.25) is 4.79 Å². The topological polar surface area (TPSA) is 97.0 Å². The number of nitrogens with zero attached hydrogens (tertiary/aromatic N) is 2. The van der Waals surface area contributed by atoms with Crippen molar-refractivity contribution in [3.8, 4) is 0 Å². The van der Waals surface area contributed by atoms with E-state index in [4.69, 9.17) is 4.74 Å². The Balaban J connectivity index is 1.70. The molecule has 2 N–H and O–H groups in total. The number of aromatic nitrogens is 3. The van der Waals surface area contributed by atoms with Gasteiger partial charge < -0.3 is 15.0 Å². The van der Waals surface area contributed by atoms with E-state index in [1.807, 2.05) is 6.92 Å². The molecule has 0 amide bonds. The highest BCUT2D eigenvalue weighted by molar-refractivity contribution is 8.02. The van der Waals surface area contributed by atoms with Gasteiger partial charge >= 0.3 is 5.97 Å². The third kappa shape index (κ3) is 4.09. The second-order valence-electron chi connectivity index (χ2n) is 6.26. The van der Waals surface area contributed by atoms with Crippen LogP contribution in [0.4, 0.5) is 5.13 Å². The fourth-order valence-electron chi connectivity index (χ4n) is 2.63. The Labute approximate surface area is 160 Å². The minimum absolute atomic E-state index is 0.0712. The summed E-state index contributed by atoms with van der Waals surface area (Å²) in [6.45, 7) is 7.43. The summed E-state index contributed by atoms with van der Waals surface area (Å²) in [7, 11) is 0. The average Bonchev–Trinajstić information content (AvgIpc) is 3.21. The van der Waals surface area contributed by atoms with Crippen LogP contribution in [-0.2, 0) is 4.74 Å². The lowest BCUT2D eigenvalue weighted by molar-refractivity contribution is 0.0525. The number of Topliss-reactive ketones (excluding diaryl/α,β-unsaturated/α-hetero) is 1. The number of ether oxygens (including phenoxy) is 1. The zero-order valence-electron chi connectivity index (χ0n) is 15.2. The molecule has 1 aliphatic carbocycles. The highest BCUT2D eigenvalue weighted by atomic mass is 32.2. The van der Waals surface area contributed by atoms with Crippen LogP contribution >= 0.6 is 23.1 Å². The molecule has 0 radical (unpaired) electrons. The summed E-state index contributed by atoms with van der Waals surface area (Å²) in [4.78, 5) is 28.0. The molecule has 0 spiro atoms. The highest BCUT2D eigenvalue weighted by Gasteiger charge is 2.27. The number of thioether (sulfide) groups is 1. The maximum Gasteiger partial charge on any atom is 0.340 e. The smallest absolute Gasteiger partial charge is 0.340 e. The first kappa shape index (κ1) is 18.9. The summed E-state index contributed by atoms with van der Waals surface area (Å²) < 4.78 is 5.83. The van der Waals surface area contributed by atoms with E-state index in [2.05, 4.69) is 20.5 Å². The lowest BCUT2D eigenvalue weighted by Gasteiger charge is -2.08. The Hall–Kier alpha value is -1.87. The molecule has 0 aliphatic heterocycles. The number of hydrogen-bond acceptors (Lipinski definition) is 8. The Kier molecular flexibility index (Phi) is 5.67. The van der Waals surface area contributed by atoms with Crippen LogP contribution in [0.5, 0.6) is 0 Å². The van der Waals surface area contributed by atoms with E-state index in [9.17, 15) is 9.59 Å². The summed E-state index contributed by atoms with van der Waals surface area (Å²) in [5.41, 5.74) is 2.17. The van der Waals surface area contributed by atoms with Crippen LogP contribution in [0.3, 0.4) is 0 Å². The van der Waals surface area contributed by atoms with Crippen LogP contribution in [0.1, 0.15) is 58.8 Å². The van der Waals surface area contributed by atoms with Crippen molar-refractivity contribution in [2.45, 2.75) is 56.2 Å². The van der Waals surface area contributed by atoms with Crippen LogP contribution in [0, 0.1) is 13.8 Å². The van der Waals surface area contributed by atoms with Crippen molar-refractivity contribution in [2.24, 2.45) is 0 Å². The zero-order valence-corrected chi connectivity index (χ0v) is 16.8. The Morgan fingerprint density at radius 2 is 2.12 bits per heavy atom. The Morgan fingerprint density at radius 1 is 1.38 bits per heavy atom. The Bertz CT molecular complexity index is 826. The predicted octanol–water partition coefficient (Wildman–Crippen LogP) is 3.60. The van der Waals surface area contributed by atoms with Crippen LogP contribution in [-0.4, -0.2) is 44.8 Å². The second kappa shape index (κ2) is 7.79. The first-order chi connectivity index (χ1) is 12.4. The van der Waals surface area contributed by atoms with Gasteiger partial charge in [-0.1, -0.05) is 23.1 Å².